The van der Waals surface area contributed by atoms with Gasteiger partial charge in [0.15, 0.2) is 0 Å². The summed E-state index contributed by atoms with van der Waals surface area (Å²) in [4.78, 5) is 45.2. The predicted octanol–water partition coefficient (Wildman–Crippen LogP) is 2.67. The number of fused-ring (bicyclic) bond motifs is 1. The molecule has 2 aliphatic carbocycles. The van der Waals surface area contributed by atoms with Gasteiger partial charge in [0.05, 0.1) is 6.04 Å². The van der Waals surface area contributed by atoms with E-state index >= 15 is 0 Å². The third-order valence-corrected chi connectivity index (χ3v) is 8.96. The molecule has 2 saturated heterocycles. The van der Waals surface area contributed by atoms with Crippen LogP contribution in [0.2, 0.25) is 0 Å². The first-order valence-electron chi connectivity index (χ1n) is 14.7. The van der Waals surface area contributed by atoms with E-state index in [2.05, 4.69) is 39.6 Å². The highest BCUT2D eigenvalue weighted by atomic mass is 16.2. The molecular weight excluding hydrogens is 478 g/mol. The highest BCUT2D eigenvalue weighted by molar-refractivity contribution is 5.93. The van der Waals surface area contributed by atoms with Crippen molar-refractivity contribution in [3.8, 4) is 0 Å². The number of allylic oxidation sites excluding steroid dienone is 4. The number of hydrogen-bond donors (Lipinski definition) is 3. The van der Waals surface area contributed by atoms with Gasteiger partial charge in [-0.2, -0.15) is 0 Å². The topological polar surface area (TPSA) is 93.8 Å². The fraction of sp³-hybridized carbons (Fsp3) is 0.700. The van der Waals surface area contributed by atoms with Gasteiger partial charge < -0.3 is 20.9 Å². The van der Waals surface area contributed by atoms with Crippen LogP contribution in [0.3, 0.4) is 0 Å². The van der Waals surface area contributed by atoms with Crippen LogP contribution < -0.4 is 16.0 Å². The van der Waals surface area contributed by atoms with E-state index in [0.29, 0.717) is 13.1 Å². The number of piperazine rings is 1. The van der Waals surface area contributed by atoms with Crippen molar-refractivity contribution in [2.24, 2.45) is 5.92 Å². The van der Waals surface area contributed by atoms with Gasteiger partial charge in [-0.25, -0.2) is 0 Å². The van der Waals surface area contributed by atoms with Gasteiger partial charge in [-0.1, -0.05) is 50.1 Å². The molecule has 1 saturated carbocycles. The van der Waals surface area contributed by atoms with E-state index in [-0.39, 0.29) is 41.8 Å². The lowest BCUT2D eigenvalue weighted by atomic mass is 9.82. The summed E-state index contributed by atoms with van der Waals surface area (Å²) in [5.74, 6) is -0.232. The molecule has 2 aliphatic heterocycles. The first-order valence-corrected chi connectivity index (χ1v) is 14.7. The second kappa shape index (κ2) is 13.6. The summed E-state index contributed by atoms with van der Waals surface area (Å²) in [7, 11) is 1.75. The fourth-order valence-electron chi connectivity index (χ4n) is 6.60. The quantitative estimate of drug-likeness (QED) is 0.403. The maximum atomic E-state index is 14.3. The number of likely N-dealkylation sites (N-methyl/N-ethyl adjacent to an activating group) is 1. The molecule has 0 radical (unpaired) electrons. The standard InChI is InChI=1S/C30H47N5O3/c1-4-5-11-22-12-9-15-24(18-22)32-29(37)26-20-34-17-10-16-25(34)19-35(26)30(38)27(23-13-7-6-8-14-23)33-28(36)21(2)31-3/h4-5,11,18,21,23-27,31H,1,6-10,12-17,19-20H2,2-3H3,(H,32,37)(H,33,36)/b11-5-/t21-,24+,25+,26?,27-/m0/s1. The van der Waals surface area contributed by atoms with Gasteiger partial charge in [-0.05, 0) is 77.0 Å². The van der Waals surface area contributed by atoms with E-state index < -0.39 is 12.1 Å². The molecule has 8 nitrogen and oxygen atoms in total. The Balaban J connectivity index is 1.55. The minimum Gasteiger partial charge on any atom is -0.348 e. The monoisotopic (exact) mass is 525 g/mol. The summed E-state index contributed by atoms with van der Waals surface area (Å²) in [5.41, 5.74) is 1.20. The normalized spacial score (nSPS) is 28.3. The highest BCUT2D eigenvalue weighted by Crippen LogP contribution is 2.31. The maximum Gasteiger partial charge on any atom is 0.246 e. The number of amides is 3. The van der Waals surface area contributed by atoms with Crippen molar-refractivity contribution in [1.82, 2.24) is 25.8 Å². The molecular formula is C30H47N5O3. The molecule has 0 aromatic heterocycles. The summed E-state index contributed by atoms with van der Waals surface area (Å²) < 4.78 is 0. The summed E-state index contributed by atoms with van der Waals surface area (Å²) in [6.45, 7) is 7.63. The van der Waals surface area contributed by atoms with Gasteiger partial charge >= 0.3 is 0 Å². The number of nitrogens with zero attached hydrogens (tertiary/aromatic N) is 2. The van der Waals surface area contributed by atoms with E-state index in [0.717, 1.165) is 64.3 Å². The lowest BCUT2D eigenvalue weighted by Gasteiger charge is -2.45. The molecule has 0 bridgehead atoms. The molecule has 4 rings (SSSR count). The minimum absolute atomic E-state index is 0.0423. The Bertz CT molecular complexity index is 925. The summed E-state index contributed by atoms with van der Waals surface area (Å²) in [6.07, 6.45) is 18.1. The molecule has 1 unspecified atom stereocenters. The molecule has 3 fully saturated rings. The van der Waals surface area contributed by atoms with Gasteiger partial charge in [-0.15, -0.1) is 0 Å². The molecule has 0 spiro atoms. The Kier molecular flexibility index (Phi) is 10.2. The van der Waals surface area contributed by atoms with Crippen LogP contribution in [-0.2, 0) is 14.4 Å². The van der Waals surface area contributed by atoms with Crippen molar-refractivity contribution >= 4 is 17.7 Å². The van der Waals surface area contributed by atoms with E-state index in [4.69, 9.17) is 0 Å². The van der Waals surface area contributed by atoms with Crippen molar-refractivity contribution in [2.75, 3.05) is 26.7 Å². The third-order valence-electron chi connectivity index (χ3n) is 8.96. The SMILES string of the molecule is C=C/C=C\C1=C[C@H](NC(=O)C2CN3CCC[C@@H]3CN2C(=O)[C@@H](NC(=O)[C@H](C)NC)C2CCCCC2)CCC1. The molecule has 0 aromatic rings. The molecule has 0 aromatic carbocycles. The number of carbonyl (C=O) groups excluding carboxylic acids is 3. The van der Waals surface area contributed by atoms with Crippen LogP contribution in [0, 0.1) is 5.92 Å². The zero-order valence-corrected chi connectivity index (χ0v) is 23.3. The number of nitrogens with one attached hydrogen (secondary N) is 3. The van der Waals surface area contributed by atoms with Crippen molar-refractivity contribution in [2.45, 2.75) is 101 Å². The minimum atomic E-state index is -0.591. The van der Waals surface area contributed by atoms with Crippen LogP contribution in [0.4, 0.5) is 0 Å². The Morgan fingerprint density at radius 2 is 1.84 bits per heavy atom. The summed E-state index contributed by atoms with van der Waals surface area (Å²) >= 11 is 0. The van der Waals surface area contributed by atoms with Crippen LogP contribution in [0.1, 0.15) is 71.1 Å². The van der Waals surface area contributed by atoms with Crippen LogP contribution in [0.15, 0.2) is 36.5 Å². The van der Waals surface area contributed by atoms with E-state index in [1.165, 1.54) is 12.0 Å². The van der Waals surface area contributed by atoms with E-state index in [9.17, 15) is 14.4 Å². The lowest BCUT2D eigenvalue weighted by molar-refractivity contribution is -0.149. The van der Waals surface area contributed by atoms with Crippen LogP contribution in [0.5, 0.6) is 0 Å². The summed E-state index contributed by atoms with van der Waals surface area (Å²) in [5, 5.41) is 9.34. The smallest absolute Gasteiger partial charge is 0.246 e. The van der Waals surface area contributed by atoms with Crippen molar-refractivity contribution in [3.05, 3.63) is 36.5 Å². The Hall–Kier alpha value is -2.45. The molecule has 5 atom stereocenters. The van der Waals surface area contributed by atoms with E-state index in [1.807, 2.05) is 17.9 Å². The largest absolute Gasteiger partial charge is 0.348 e. The van der Waals surface area contributed by atoms with Crippen molar-refractivity contribution in [3.63, 3.8) is 0 Å². The van der Waals surface area contributed by atoms with Gasteiger partial charge in [-0.3, -0.25) is 19.3 Å². The second-order valence-electron chi connectivity index (χ2n) is 11.5. The van der Waals surface area contributed by atoms with Gasteiger partial charge in [0.2, 0.25) is 17.7 Å². The van der Waals surface area contributed by atoms with Gasteiger partial charge in [0, 0.05) is 25.2 Å². The molecule has 3 amide bonds. The zero-order chi connectivity index (χ0) is 27.1. The fourth-order valence-corrected chi connectivity index (χ4v) is 6.60. The molecule has 2 heterocycles. The molecule has 3 N–H and O–H groups in total. The maximum absolute atomic E-state index is 14.3. The Morgan fingerprint density at radius 3 is 2.58 bits per heavy atom. The van der Waals surface area contributed by atoms with Crippen molar-refractivity contribution < 1.29 is 14.4 Å². The zero-order valence-electron chi connectivity index (χ0n) is 23.3. The number of carbonyl (C=O) groups is 3. The van der Waals surface area contributed by atoms with E-state index in [1.54, 1.807) is 13.1 Å². The Labute approximate surface area is 228 Å². The lowest BCUT2D eigenvalue weighted by Crippen LogP contribution is -2.67. The van der Waals surface area contributed by atoms with Crippen LogP contribution in [-0.4, -0.2) is 84.4 Å². The highest BCUT2D eigenvalue weighted by Gasteiger charge is 2.45. The average molecular weight is 526 g/mol. The van der Waals surface area contributed by atoms with Gasteiger partial charge in [0.1, 0.15) is 12.1 Å². The first-order chi connectivity index (χ1) is 18.4. The molecule has 210 valence electrons. The predicted molar refractivity (Wildman–Crippen MR) is 150 cm³/mol. The molecule has 4 aliphatic rings. The van der Waals surface area contributed by atoms with Crippen LogP contribution in [0.25, 0.3) is 0 Å². The Morgan fingerprint density at radius 1 is 1.05 bits per heavy atom. The van der Waals surface area contributed by atoms with Crippen molar-refractivity contribution in [1.29, 1.82) is 0 Å². The number of rotatable bonds is 9. The number of hydrogen-bond acceptors (Lipinski definition) is 5. The average Bonchev–Trinajstić information content (AvgIpc) is 3.41. The molecule has 38 heavy (non-hydrogen) atoms. The van der Waals surface area contributed by atoms with Crippen LogP contribution >= 0.6 is 0 Å². The first kappa shape index (κ1) is 28.6. The molecule has 8 heteroatoms. The summed E-state index contributed by atoms with van der Waals surface area (Å²) in [6, 6.07) is -1.29. The van der Waals surface area contributed by atoms with Gasteiger partial charge in [0.25, 0.3) is 0 Å². The second-order valence-corrected chi connectivity index (χ2v) is 11.5. The third kappa shape index (κ3) is 6.94.